The third kappa shape index (κ3) is 2.86. The van der Waals surface area contributed by atoms with E-state index in [4.69, 9.17) is 18.0 Å². The molecule has 2 nitrogen and oxygen atoms in total. The van der Waals surface area contributed by atoms with Crippen molar-refractivity contribution in [2.24, 2.45) is 11.1 Å². The first-order chi connectivity index (χ1) is 8.56. The molecule has 18 heavy (non-hydrogen) atoms. The zero-order chi connectivity index (χ0) is 13.2. The normalized spacial score (nSPS) is 17.0. The summed E-state index contributed by atoms with van der Waals surface area (Å²) < 4.78 is 0.958. The first-order valence-corrected chi connectivity index (χ1v) is 7.60. The van der Waals surface area contributed by atoms with Crippen LogP contribution in [0.4, 0.5) is 5.69 Å². The van der Waals surface area contributed by atoms with Gasteiger partial charge < -0.3 is 11.1 Å². The highest BCUT2D eigenvalue weighted by Crippen LogP contribution is 2.43. The first-order valence-electron chi connectivity index (χ1n) is 6.39. The van der Waals surface area contributed by atoms with Crippen LogP contribution in [0.3, 0.4) is 0 Å². The molecule has 0 aliphatic heterocycles. The number of rotatable bonds is 5. The Morgan fingerprint density at radius 2 is 2.22 bits per heavy atom. The molecule has 0 unspecified atom stereocenters. The zero-order valence-corrected chi connectivity index (χ0v) is 13.0. The zero-order valence-electron chi connectivity index (χ0n) is 10.6. The lowest BCUT2D eigenvalue weighted by Crippen LogP contribution is -2.35. The molecule has 1 saturated carbocycles. The predicted molar refractivity (Wildman–Crippen MR) is 85.1 cm³/mol. The van der Waals surface area contributed by atoms with Gasteiger partial charge in [0.15, 0.2) is 0 Å². The van der Waals surface area contributed by atoms with Gasteiger partial charge in [-0.25, -0.2) is 0 Å². The molecule has 0 heterocycles. The van der Waals surface area contributed by atoms with Gasteiger partial charge in [-0.1, -0.05) is 25.6 Å². The molecule has 1 fully saturated rings. The SMILES string of the molecule is CCC1(CNc2ccc(C(N)=S)c(Br)c2)CCC1. The van der Waals surface area contributed by atoms with Crippen LogP contribution in [0.5, 0.6) is 0 Å². The smallest absolute Gasteiger partial charge is 0.105 e. The monoisotopic (exact) mass is 326 g/mol. The minimum atomic E-state index is 0.428. The van der Waals surface area contributed by atoms with Crippen LogP contribution in [-0.4, -0.2) is 11.5 Å². The summed E-state index contributed by atoms with van der Waals surface area (Å²) in [6.45, 7) is 3.34. The summed E-state index contributed by atoms with van der Waals surface area (Å²) in [5.41, 5.74) is 8.18. The van der Waals surface area contributed by atoms with E-state index in [1.54, 1.807) is 0 Å². The Hall–Kier alpha value is -0.610. The summed E-state index contributed by atoms with van der Waals surface area (Å²) in [5, 5.41) is 3.53. The van der Waals surface area contributed by atoms with Crippen LogP contribution in [0.1, 0.15) is 38.2 Å². The average molecular weight is 327 g/mol. The average Bonchev–Trinajstić information content (AvgIpc) is 2.27. The van der Waals surface area contributed by atoms with E-state index in [1.807, 2.05) is 12.1 Å². The fourth-order valence-electron chi connectivity index (χ4n) is 2.45. The van der Waals surface area contributed by atoms with E-state index < -0.39 is 0 Å². The second-order valence-electron chi connectivity index (χ2n) is 5.12. The van der Waals surface area contributed by atoms with Crippen molar-refractivity contribution >= 4 is 38.8 Å². The van der Waals surface area contributed by atoms with E-state index in [1.165, 1.54) is 25.7 Å². The van der Waals surface area contributed by atoms with Crippen LogP contribution in [0, 0.1) is 5.41 Å². The fourth-order valence-corrected chi connectivity index (χ4v) is 3.35. The Kier molecular flexibility index (Phi) is 4.28. The van der Waals surface area contributed by atoms with Crippen molar-refractivity contribution in [1.29, 1.82) is 0 Å². The highest BCUT2D eigenvalue weighted by Gasteiger charge is 2.34. The standard InChI is InChI=1S/C14H19BrN2S/c1-2-14(6-3-7-14)9-17-10-4-5-11(13(16)18)12(15)8-10/h4-5,8,17H,2-3,6-7,9H2,1H3,(H2,16,18). The van der Waals surface area contributed by atoms with Gasteiger partial charge >= 0.3 is 0 Å². The summed E-state index contributed by atoms with van der Waals surface area (Å²) >= 11 is 8.50. The fraction of sp³-hybridized carbons (Fsp3) is 0.500. The molecule has 1 aliphatic carbocycles. The van der Waals surface area contributed by atoms with Crippen molar-refractivity contribution in [3.05, 3.63) is 28.2 Å². The van der Waals surface area contributed by atoms with Crippen molar-refractivity contribution in [1.82, 2.24) is 0 Å². The molecular formula is C14H19BrN2S. The van der Waals surface area contributed by atoms with Crippen LogP contribution < -0.4 is 11.1 Å². The first kappa shape index (κ1) is 13.8. The van der Waals surface area contributed by atoms with E-state index >= 15 is 0 Å². The van der Waals surface area contributed by atoms with Gasteiger partial charge in [0.2, 0.25) is 0 Å². The number of hydrogen-bond donors (Lipinski definition) is 2. The Morgan fingerprint density at radius 1 is 1.50 bits per heavy atom. The van der Waals surface area contributed by atoms with Crippen molar-refractivity contribution in [3.8, 4) is 0 Å². The quantitative estimate of drug-likeness (QED) is 0.801. The maximum Gasteiger partial charge on any atom is 0.105 e. The molecule has 0 atom stereocenters. The Labute approximate surface area is 122 Å². The third-order valence-corrected chi connectivity index (χ3v) is 4.94. The summed E-state index contributed by atoms with van der Waals surface area (Å²) in [6.07, 6.45) is 5.33. The number of hydrogen-bond acceptors (Lipinski definition) is 2. The molecular weight excluding hydrogens is 308 g/mol. The maximum atomic E-state index is 5.64. The summed E-state index contributed by atoms with van der Waals surface area (Å²) in [5.74, 6) is 0. The van der Waals surface area contributed by atoms with Gasteiger partial charge in [-0.2, -0.15) is 0 Å². The van der Waals surface area contributed by atoms with E-state index in [-0.39, 0.29) is 0 Å². The largest absolute Gasteiger partial charge is 0.389 e. The Bertz CT molecular complexity index is 450. The predicted octanol–water partition coefficient (Wildman–Crippen LogP) is 4.08. The summed E-state index contributed by atoms with van der Waals surface area (Å²) in [4.78, 5) is 0.428. The van der Waals surface area contributed by atoms with Gasteiger partial charge in [-0.05, 0) is 58.8 Å². The van der Waals surface area contributed by atoms with E-state index in [9.17, 15) is 0 Å². The second kappa shape index (κ2) is 5.57. The molecule has 0 aromatic heterocycles. The number of halogens is 1. The van der Waals surface area contributed by atoms with Crippen LogP contribution in [0.15, 0.2) is 22.7 Å². The van der Waals surface area contributed by atoms with Crippen molar-refractivity contribution in [3.63, 3.8) is 0 Å². The minimum absolute atomic E-state index is 0.428. The van der Waals surface area contributed by atoms with Crippen molar-refractivity contribution in [2.75, 3.05) is 11.9 Å². The Morgan fingerprint density at radius 3 is 2.67 bits per heavy atom. The van der Waals surface area contributed by atoms with Gasteiger partial charge in [-0.15, -0.1) is 0 Å². The lowest BCUT2D eigenvalue weighted by molar-refractivity contribution is 0.145. The van der Waals surface area contributed by atoms with E-state index in [0.29, 0.717) is 10.4 Å². The second-order valence-corrected chi connectivity index (χ2v) is 6.41. The lowest BCUT2D eigenvalue weighted by atomic mass is 9.67. The molecule has 3 N–H and O–H groups in total. The van der Waals surface area contributed by atoms with Gasteiger partial charge in [0, 0.05) is 22.3 Å². The molecule has 1 aromatic carbocycles. The number of benzene rings is 1. The van der Waals surface area contributed by atoms with Crippen LogP contribution >= 0.6 is 28.1 Å². The van der Waals surface area contributed by atoms with Gasteiger partial charge in [0.1, 0.15) is 4.99 Å². The third-order valence-electron chi connectivity index (χ3n) is 4.07. The van der Waals surface area contributed by atoms with Crippen molar-refractivity contribution in [2.45, 2.75) is 32.6 Å². The Balaban J connectivity index is 2.02. The molecule has 4 heteroatoms. The molecule has 98 valence electrons. The van der Waals surface area contributed by atoms with Crippen LogP contribution in [0.2, 0.25) is 0 Å². The number of nitrogens with two attached hydrogens (primary N) is 1. The topological polar surface area (TPSA) is 38.0 Å². The molecule has 0 spiro atoms. The summed E-state index contributed by atoms with van der Waals surface area (Å²) in [6, 6.07) is 6.06. The summed E-state index contributed by atoms with van der Waals surface area (Å²) in [7, 11) is 0. The highest BCUT2D eigenvalue weighted by atomic mass is 79.9. The molecule has 0 saturated heterocycles. The number of thiocarbonyl (C=S) groups is 1. The van der Waals surface area contributed by atoms with E-state index in [0.717, 1.165) is 22.3 Å². The number of anilines is 1. The molecule has 1 aromatic rings. The van der Waals surface area contributed by atoms with Gasteiger partial charge in [-0.3, -0.25) is 0 Å². The van der Waals surface area contributed by atoms with Crippen LogP contribution in [0.25, 0.3) is 0 Å². The molecule has 1 aliphatic rings. The molecule has 0 radical (unpaired) electrons. The molecule has 0 amide bonds. The van der Waals surface area contributed by atoms with Gasteiger partial charge in [0.05, 0.1) is 0 Å². The molecule has 2 rings (SSSR count). The van der Waals surface area contributed by atoms with Crippen LogP contribution in [-0.2, 0) is 0 Å². The van der Waals surface area contributed by atoms with Gasteiger partial charge in [0.25, 0.3) is 0 Å². The van der Waals surface area contributed by atoms with Crippen molar-refractivity contribution < 1.29 is 0 Å². The highest BCUT2D eigenvalue weighted by molar-refractivity contribution is 9.10. The van der Waals surface area contributed by atoms with E-state index in [2.05, 4.69) is 34.2 Å². The lowest BCUT2D eigenvalue weighted by Gasteiger charge is -2.41. The minimum Gasteiger partial charge on any atom is -0.389 e. The number of nitrogens with one attached hydrogen (secondary N) is 1. The maximum absolute atomic E-state index is 5.64. The molecule has 0 bridgehead atoms.